The average Bonchev–Trinajstić information content (AvgIpc) is 3.36. The molecule has 0 unspecified atom stereocenters. The molecular weight excluding hydrogens is 494 g/mol. The van der Waals surface area contributed by atoms with Crippen LogP contribution in [0.1, 0.15) is 42.1 Å². The summed E-state index contributed by atoms with van der Waals surface area (Å²) in [6, 6.07) is 36.6. The van der Waals surface area contributed by atoms with Crippen molar-refractivity contribution in [1.82, 2.24) is 14.5 Å². The van der Waals surface area contributed by atoms with E-state index in [1.807, 2.05) is 36.4 Å². The van der Waals surface area contributed by atoms with Gasteiger partial charge in [-0.2, -0.15) is 0 Å². The highest BCUT2D eigenvalue weighted by molar-refractivity contribution is 5.68. The number of aromatic hydroxyl groups is 1. The van der Waals surface area contributed by atoms with Gasteiger partial charge >= 0.3 is 0 Å². The van der Waals surface area contributed by atoms with Crippen LogP contribution in [0.3, 0.4) is 0 Å². The number of phenols is 1. The van der Waals surface area contributed by atoms with Gasteiger partial charge < -0.3 is 14.8 Å². The summed E-state index contributed by atoms with van der Waals surface area (Å²) in [7, 11) is 0. The minimum Gasteiger partial charge on any atom is -0.508 e. The molecule has 4 aromatic carbocycles. The number of phenolic OH excluding ortho intramolecular Hbond substituents is 1. The zero-order valence-corrected chi connectivity index (χ0v) is 23.1. The summed E-state index contributed by atoms with van der Waals surface area (Å²) in [6.07, 6.45) is 2.17. The zero-order valence-electron chi connectivity index (χ0n) is 23.1. The summed E-state index contributed by atoms with van der Waals surface area (Å²) in [5, 5.41) is 19.4. The van der Waals surface area contributed by atoms with Crippen LogP contribution in [0, 0.1) is 0 Å². The van der Waals surface area contributed by atoms with Gasteiger partial charge in [0.2, 0.25) is 0 Å². The van der Waals surface area contributed by atoms with Crippen molar-refractivity contribution in [3.05, 3.63) is 132 Å². The summed E-state index contributed by atoms with van der Waals surface area (Å²) in [6.45, 7) is 5.32. The van der Waals surface area contributed by atoms with Gasteiger partial charge in [0.05, 0.1) is 18.0 Å². The van der Waals surface area contributed by atoms with Crippen LogP contribution in [0.4, 0.5) is 0 Å². The molecule has 0 saturated carbocycles. The maximum Gasteiger partial charge on any atom is 0.140 e. The monoisotopic (exact) mass is 531 g/mol. The lowest BCUT2D eigenvalue weighted by Gasteiger charge is -2.25. The third-order valence-corrected chi connectivity index (χ3v) is 7.21. The third kappa shape index (κ3) is 6.68. The number of aromatic nitrogens is 2. The van der Waals surface area contributed by atoms with Crippen molar-refractivity contribution < 1.29 is 10.2 Å². The van der Waals surface area contributed by atoms with Crippen LogP contribution in [-0.2, 0) is 32.8 Å². The molecule has 40 heavy (non-hydrogen) atoms. The van der Waals surface area contributed by atoms with E-state index in [1.54, 1.807) is 12.1 Å². The number of hydrogen-bond donors (Lipinski definition) is 2. The van der Waals surface area contributed by atoms with Crippen molar-refractivity contribution in [2.75, 3.05) is 0 Å². The maximum absolute atomic E-state index is 9.86. The Morgan fingerprint density at radius 1 is 0.675 bits per heavy atom. The molecule has 0 aliphatic heterocycles. The Hall–Kier alpha value is -4.19. The second-order valence-corrected chi connectivity index (χ2v) is 10.3. The number of nitrogens with zero attached hydrogens (tertiary/aromatic N) is 3. The summed E-state index contributed by atoms with van der Waals surface area (Å²) >= 11 is 0. The standard InChI is InChI=1S/C35H37N3O2/c1-2-3-22-38-33(34(30-10-6-4-7-11-30)36-35(38)31-12-8-5-9-13-31)25-37(24-28-18-20-32(40)21-19-28)23-27-14-16-29(26-39)17-15-27/h4-21,39-40H,2-3,22-26H2,1H3. The molecule has 5 nitrogen and oxygen atoms in total. The van der Waals surface area contributed by atoms with E-state index in [4.69, 9.17) is 4.98 Å². The Bertz CT molecular complexity index is 1480. The van der Waals surface area contributed by atoms with Gasteiger partial charge in [-0.25, -0.2) is 4.98 Å². The molecule has 1 aromatic heterocycles. The molecule has 0 atom stereocenters. The fourth-order valence-corrected chi connectivity index (χ4v) is 5.09. The zero-order chi connectivity index (χ0) is 27.7. The van der Waals surface area contributed by atoms with E-state index in [-0.39, 0.29) is 12.4 Å². The summed E-state index contributed by atoms with van der Waals surface area (Å²) in [5.74, 6) is 1.27. The van der Waals surface area contributed by atoms with Gasteiger partial charge in [0.15, 0.2) is 0 Å². The molecule has 0 aliphatic rings. The summed E-state index contributed by atoms with van der Waals surface area (Å²) < 4.78 is 2.42. The molecule has 2 N–H and O–H groups in total. The van der Waals surface area contributed by atoms with Crippen molar-refractivity contribution in [3.63, 3.8) is 0 Å². The smallest absolute Gasteiger partial charge is 0.140 e. The molecule has 5 aromatic rings. The lowest BCUT2D eigenvalue weighted by molar-refractivity contribution is 0.241. The molecule has 1 heterocycles. The van der Waals surface area contributed by atoms with E-state index < -0.39 is 0 Å². The Labute approximate surface area is 237 Å². The van der Waals surface area contributed by atoms with Crippen LogP contribution >= 0.6 is 0 Å². The Morgan fingerprint density at radius 2 is 1.23 bits per heavy atom. The number of benzene rings is 4. The first-order valence-electron chi connectivity index (χ1n) is 14.0. The second kappa shape index (κ2) is 13.2. The lowest BCUT2D eigenvalue weighted by Crippen LogP contribution is -2.24. The van der Waals surface area contributed by atoms with Crippen molar-refractivity contribution in [2.24, 2.45) is 0 Å². The SMILES string of the molecule is CCCCn1c(-c2ccccc2)nc(-c2ccccc2)c1CN(Cc1ccc(O)cc1)Cc1ccc(CO)cc1. The van der Waals surface area contributed by atoms with Crippen molar-refractivity contribution in [2.45, 2.75) is 52.6 Å². The van der Waals surface area contributed by atoms with E-state index in [2.05, 4.69) is 77.1 Å². The number of unbranched alkanes of at least 4 members (excludes halogenated alkanes) is 1. The van der Waals surface area contributed by atoms with Gasteiger partial charge in [-0.3, -0.25) is 4.90 Å². The Morgan fingerprint density at radius 3 is 1.80 bits per heavy atom. The molecule has 0 radical (unpaired) electrons. The molecule has 0 bridgehead atoms. The predicted molar refractivity (Wildman–Crippen MR) is 161 cm³/mol. The van der Waals surface area contributed by atoms with Gasteiger partial charge in [0, 0.05) is 37.3 Å². The van der Waals surface area contributed by atoms with E-state index in [1.165, 1.54) is 11.3 Å². The van der Waals surface area contributed by atoms with Gasteiger partial charge in [0.25, 0.3) is 0 Å². The highest BCUT2D eigenvalue weighted by Gasteiger charge is 2.22. The Kier molecular flexibility index (Phi) is 9.07. The molecule has 0 spiro atoms. The first-order chi connectivity index (χ1) is 19.6. The van der Waals surface area contributed by atoms with E-state index in [9.17, 15) is 10.2 Å². The van der Waals surface area contributed by atoms with Crippen molar-refractivity contribution in [3.8, 4) is 28.4 Å². The van der Waals surface area contributed by atoms with E-state index >= 15 is 0 Å². The maximum atomic E-state index is 9.86. The molecule has 204 valence electrons. The molecule has 5 heteroatoms. The topological polar surface area (TPSA) is 61.5 Å². The molecule has 5 rings (SSSR count). The van der Waals surface area contributed by atoms with Crippen molar-refractivity contribution >= 4 is 0 Å². The molecule has 0 aliphatic carbocycles. The normalized spacial score (nSPS) is 11.3. The molecule has 0 amide bonds. The van der Waals surface area contributed by atoms with Crippen molar-refractivity contribution in [1.29, 1.82) is 0 Å². The molecular formula is C35H37N3O2. The highest BCUT2D eigenvalue weighted by Crippen LogP contribution is 2.32. The number of hydrogen-bond acceptors (Lipinski definition) is 4. The Balaban J connectivity index is 1.59. The first-order valence-corrected chi connectivity index (χ1v) is 14.0. The van der Waals surface area contributed by atoms with Crippen LogP contribution in [0.25, 0.3) is 22.6 Å². The number of aliphatic hydroxyl groups is 1. The highest BCUT2D eigenvalue weighted by atomic mass is 16.3. The summed E-state index contributed by atoms with van der Waals surface area (Å²) in [5.41, 5.74) is 7.67. The van der Waals surface area contributed by atoms with Crippen LogP contribution in [-0.4, -0.2) is 24.7 Å². The second-order valence-electron chi connectivity index (χ2n) is 10.3. The first kappa shape index (κ1) is 27.4. The largest absolute Gasteiger partial charge is 0.508 e. The average molecular weight is 532 g/mol. The fourth-order valence-electron chi connectivity index (χ4n) is 5.09. The van der Waals surface area contributed by atoms with E-state index in [0.717, 1.165) is 66.2 Å². The van der Waals surface area contributed by atoms with Crippen LogP contribution in [0.15, 0.2) is 109 Å². The van der Waals surface area contributed by atoms with Gasteiger partial charge in [-0.1, -0.05) is 110 Å². The minimum absolute atomic E-state index is 0.0385. The van der Waals surface area contributed by atoms with E-state index in [0.29, 0.717) is 6.54 Å². The van der Waals surface area contributed by atoms with Gasteiger partial charge in [0.1, 0.15) is 11.6 Å². The third-order valence-electron chi connectivity index (χ3n) is 7.21. The summed E-state index contributed by atoms with van der Waals surface area (Å²) in [4.78, 5) is 7.71. The van der Waals surface area contributed by atoms with Gasteiger partial charge in [-0.15, -0.1) is 0 Å². The van der Waals surface area contributed by atoms with Crippen LogP contribution in [0.2, 0.25) is 0 Å². The number of rotatable bonds is 12. The van der Waals surface area contributed by atoms with Crippen LogP contribution < -0.4 is 0 Å². The van der Waals surface area contributed by atoms with Gasteiger partial charge in [-0.05, 0) is 35.2 Å². The minimum atomic E-state index is 0.0385. The van der Waals surface area contributed by atoms with Crippen LogP contribution in [0.5, 0.6) is 5.75 Å². The quantitative estimate of drug-likeness (QED) is 0.176. The fraction of sp³-hybridized carbons (Fsp3) is 0.229. The predicted octanol–water partition coefficient (Wildman–Crippen LogP) is 7.42. The lowest BCUT2D eigenvalue weighted by atomic mass is 10.1. The molecule has 0 saturated heterocycles. The number of imidazole rings is 1. The number of aliphatic hydroxyl groups excluding tert-OH is 1. The molecule has 0 fully saturated rings.